The fourth-order valence-corrected chi connectivity index (χ4v) is 4.50. The third-order valence-electron chi connectivity index (χ3n) is 4.19. The molecule has 26 heavy (non-hydrogen) atoms. The molecule has 0 radical (unpaired) electrons. The van der Waals surface area contributed by atoms with Gasteiger partial charge in [0.15, 0.2) is 0 Å². The van der Waals surface area contributed by atoms with E-state index in [4.69, 9.17) is 0 Å². The van der Waals surface area contributed by atoms with E-state index in [9.17, 15) is 12.8 Å². The molecule has 0 saturated heterocycles. The topological polar surface area (TPSA) is 64.0 Å². The number of aryl methyl sites for hydroxylation is 3. The van der Waals surface area contributed by atoms with Crippen molar-refractivity contribution in [2.75, 3.05) is 4.72 Å². The predicted octanol–water partition coefficient (Wildman–Crippen LogP) is 4.05. The number of anilines is 1. The lowest BCUT2D eigenvalue weighted by Crippen LogP contribution is -2.15. The highest BCUT2D eigenvalue weighted by atomic mass is 32.2. The summed E-state index contributed by atoms with van der Waals surface area (Å²) in [5.41, 5.74) is 3.87. The van der Waals surface area contributed by atoms with E-state index >= 15 is 0 Å². The minimum absolute atomic E-state index is 0.127. The standard InChI is InChI=1S/C19H20FN3O2S/c1-12-5-10-18(13(2)11-12)22-26(24,25)19-14(3)21-23(15(19)4)17-8-6-16(20)7-9-17/h5-11,22H,1-4H3. The summed E-state index contributed by atoms with van der Waals surface area (Å²) in [5.74, 6) is -0.361. The Bertz CT molecular complexity index is 1070. The Hall–Kier alpha value is -2.67. The van der Waals surface area contributed by atoms with Gasteiger partial charge in [-0.3, -0.25) is 4.72 Å². The van der Waals surface area contributed by atoms with Crippen molar-refractivity contribution in [3.05, 3.63) is 70.8 Å². The molecule has 1 aromatic heterocycles. The highest BCUT2D eigenvalue weighted by Crippen LogP contribution is 2.26. The molecule has 3 rings (SSSR count). The number of aromatic nitrogens is 2. The van der Waals surface area contributed by atoms with Crippen LogP contribution in [0.1, 0.15) is 22.5 Å². The summed E-state index contributed by atoms with van der Waals surface area (Å²) in [6, 6.07) is 11.3. The maximum Gasteiger partial charge on any atom is 0.265 e. The molecule has 0 amide bonds. The minimum Gasteiger partial charge on any atom is -0.279 e. The Kier molecular flexibility index (Phi) is 4.58. The highest BCUT2D eigenvalue weighted by Gasteiger charge is 2.25. The molecule has 2 aromatic carbocycles. The highest BCUT2D eigenvalue weighted by molar-refractivity contribution is 7.92. The number of sulfonamides is 1. The molecule has 0 saturated carbocycles. The van der Waals surface area contributed by atoms with Crippen LogP contribution in [0.3, 0.4) is 0 Å². The molecule has 0 spiro atoms. The van der Waals surface area contributed by atoms with Crippen molar-refractivity contribution >= 4 is 15.7 Å². The largest absolute Gasteiger partial charge is 0.279 e. The van der Waals surface area contributed by atoms with Crippen molar-refractivity contribution in [2.24, 2.45) is 0 Å². The van der Waals surface area contributed by atoms with Crippen LogP contribution in [0.5, 0.6) is 0 Å². The van der Waals surface area contributed by atoms with Gasteiger partial charge in [-0.15, -0.1) is 0 Å². The van der Waals surface area contributed by atoms with E-state index < -0.39 is 10.0 Å². The van der Waals surface area contributed by atoms with Crippen LogP contribution in [0.15, 0.2) is 47.4 Å². The van der Waals surface area contributed by atoms with Crippen molar-refractivity contribution in [1.29, 1.82) is 0 Å². The Labute approximate surface area is 152 Å². The number of nitrogens with zero attached hydrogens (tertiary/aromatic N) is 2. The summed E-state index contributed by atoms with van der Waals surface area (Å²) in [6.07, 6.45) is 0. The quantitative estimate of drug-likeness (QED) is 0.750. The van der Waals surface area contributed by atoms with Crippen molar-refractivity contribution in [3.63, 3.8) is 0 Å². The fraction of sp³-hybridized carbons (Fsp3) is 0.211. The molecule has 0 unspecified atom stereocenters. The summed E-state index contributed by atoms with van der Waals surface area (Å²) in [7, 11) is -3.81. The molecule has 0 atom stereocenters. The second-order valence-corrected chi connectivity index (χ2v) is 7.93. The summed E-state index contributed by atoms with van der Waals surface area (Å²) < 4.78 is 43.2. The Morgan fingerprint density at radius 3 is 2.27 bits per heavy atom. The summed E-state index contributed by atoms with van der Waals surface area (Å²) in [4.78, 5) is 0.127. The normalized spacial score (nSPS) is 11.6. The third kappa shape index (κ3) is 3.35. The van der Waals surface area contributed by atoms with Crippen LogP contribution in [0, 0.1) is 33.5 Å². The van der Waals surface area contributed by atoms with Gasteiger partial charge in [0.25, 0.3) is 10.0 Å². The maximum absolute atomic E-state index is 13.1. The average molecular weight is 373 g/mol. The molecule has 7 heteroatoms. The average Bonchev–Trinajstić information content (AvgIpc) is 2.86. The number of nitrogens with one attached hydrogen (secondary N) is 1. The van der Waals surface area contributed by atoms with Crippen LogP contribution in [-0.4, -0.2) is 18.2 Å². The lowest BCUT2D eigenvalue weighted by atomic mass is 10.1. The van der Waals surface area contributed by atoms with Gasteiger partial charge in [-0.2, -0.15) is 5.10 Å². The lowest BCUT2D eigenvalue weighted by Gasteiger charge is -2.12. The number of benzene rings is 2. The zero-order chi connectivity index (χ0) is 19.1. The van der Waals surface area contributed by atoms with Gasteiger partial charge in [0, 0.05) is 0 Å². The molecule has 0 bridgehead atoms. The molecule has 3 aromatic rings. The number of rotatable bonds is 4. The van der Waals surface area contributed by atoms with Gasteiger partial charge in [-0.05, 0) is 63.6 Å². The molecule has 0 aliphatic rings. The number of hydrogen-bond acceptors (Lipinski definition) is 3. The van der Waals surface area contributed by atoms with E-state index in [1.807, 2.05) is 26.0 Å². The fourth-order valence-electron chi connectivity index (χ4n) is 2.97. The number of hydrogen-bond donors (Lipinski definition) is 1. The van der Waals surface area contributed by atoms with Crippen LogP contribution in [0.2, 0.25) is 0 Å². The molecule has 0 aliphatic heterocycles. The SMILES string of the molecule is Cc1ccc(NS(=O)(=O)c2c(C)nn(-c3ccc(F)cc3)c2C)c(C)c1. The first-order valence-electron chi connectivity index (χ1n) is 8.11. The van der Waals surface area contributed by atoms with Gasteiger partial charge in [0.2, 0.25) is 0 Å². The molecule has 0 aliphatic carbocycles. The molecule has 0 fully saturated rings. The van der Waals surface area contributed by atoms with Gasteiger partial charge < -0.3 is 0 Å². The number of halogens is 1. The van der Waals surface area contributed by atoms with Crippen molar-refractivity contribution in [3.8, 4) is 5.69 Å². The first-order valence-corrected chi connectivity index (χ1v) is 9.59. The van der Waals surface area contributed by atoms with E-state index in [1.54, 1.807) is 32.0 Å². The van der Waals surface area contributed by atoms with Gasteiger partial charge in [-0.25, -0.2) is 17.5 Å². The summed E-state index contributed by atoms with van der Waals surface area (Å²) in [6.45, 7) is 7.13. The van der Waals surface area contributed by atoms with Gasteiger partial charge >= 0.3 is 0 Å². The first kappa shape index (κ1) is 18.1. The van der Waals surface area contributed by atoms with Crippen LogP contribution < -0.4 is 4.72 Å². The van der Waals surface area contributed by atoms with Gasteiger partial charge in [0.05, 0.1) is 22.8 Å². The minimum atomic E-state index is -3.81. The van der Waals surface area contributed by atoms with E-state index in [0.29, 0.717) is 22.8 Å². The second kappa shape index (κ2) is 6.57. The molecular formula is C19H20FN3O2S. The van der Waals surface area contributed by atoms with E-state index in [-0.39, 0.29) is 10.7 Å². The van der Waals surface area contributed by atoms with Crippen molar-refractivity contribution < 1.29 is 12.8 Å². The summed E-state index contributed by atoms with van der Waals surface area (Å²) in [5, 5.41) is 4.33. The third-order valence-corrected chi connectivity index (χ3v) is 5.81. The zero-order valence-corrected chi connectivity index (χ0v) is 15.9. The van der Waals surface area contributed by atoms with Crippen molar-refractivity contribution in [2.45, 2.75) is 32.6 Å². The first-order chi connectivity index (χ1) is 12.2. The van der Waals surface area contributed by atoms with E-state index in [1.165, 1.54) is 16.8 Å². The van der Waals surface area contributed by atoms with Gasteiger partial charge in [0.1, 0.15) is 10.7 Å². The van der Waals surface area contributed by atoms with Crippen LogP contribution in [0.25, 0.3) is 5.69 Å². The maximum atomic E-state index is 13.1. The Morgan fingerprint density at radius 1 is 1.00 bits per heavy atom. The summed E-state index contributed by atoms with van der Waals surface area (Å²) >= 11 is 0. The molecule has 5 nitrogen and oxygen atoms in total. The van der Waals surface area contributed by atoms with E-state index in [2.05, 4.69) is 9.82 Å². The van der Waals surface area contributed by atoms with Crippen molar-refractivity contribution in [1.82, 2.24) is 9.78 Å². The van der Waals surface area contributed by atoms with Crippen LogP contribution >= 0.6 is 0 Å². The Balaban J connectivity index is 2.04. The smallest absolute Gasteiger partial charge is 0.265 e. The lowest BCUT2D eigenvalue weighted by molar-refractivity contribution is 0.600. The van der Waals surface area contributed by atoms with E-state index in [0.717, 1.165) is 11.1 Å². The molecular weight excluding hydrogens is 353 g/mol. The molecule has 1 heterocycles. The predicted molar refractivity (Wildman–Crippen MR) is 99.7 cm³/mol. The molecule has 1 N–H and O–H groups in total. The monoisotopic (exact) mass is 373 g/mol. The van der Waals surface area contributed by atoms with Gasteiger partial charge in [-0.1, -0.05) is 17.7 Å². The van der Waals surface area contributed by atoms with Crippen LogP contribution in [-0.2, 0) is 10.0 Å². The second-order valence-electron chi connectivity index (χ2n) is 6.31. The molecule has 136 valence electrons. The Morgan fingerprint density at radius 2 is 1.65 bits per heavy atom. The zero-order valence-electron chi connectivity index (χ0n) is 15.0. The van der Waals surface area contributed by atoms with Crippen LogP contribution in [0.4, 0.5) is 10.1 Å².